The van der Waals surface area contributed by atoms with Crippen LogP contribution in [-0.2, 0) is 11.2 Å². The molecule has 0 radical (unpaired) electrons. The number of H-pyrrole nitrogens is 1. The summed E-state index contributed by atoms with van der Waals surface area (Å²) >= 11 is 11.2. The summed E-state index contributed by atoms with van der Waals surface area (Å²) in [5.74, 6) is -0.210. The number of hydrogen-bond acceptors (Lipinski definition) is 7. The second-order valence-electron chi connectivity index (χ2n) is 5.20. The van der Waals surface area contributed by atoms with Gasteiger partial charge in [-0.3, -0.25) is 14.7 Å². The Morgan fingerprint density at radius 1 is 1.52 bits per heavy atom. The number of benzene rings is 1. The van der Waals surface area contributed by atoms with Crippen molar-refractivity contribution in [1.29, 1.82) is 0 Å². The summed E-state index contributed by atoms with van der Waals surface area (Å²) in [5, 5.41) is 19.4. The molecule has 0 saturated heterocycles. The number of nitrogens with zero attached hydrogens (tertiary/aromatic N) is 3. The summed E-state index contributed by atoms with van der Waals surface area (Å²) in [5.41, 5.74) is -0.0266. The number of carboxylic acids is 1. The van der Waals surface area contributed by atoms with Crippen molar-refractivity contribution in [3.05, 3.63) is 43.5 Å². The molecule has 1 aromatic carbocycles. The molecule has 0 aliphatic carbocycles. The molecule has 0 bridgehead atoms. The third kappa shape index (κ3) is 5.14. The lowest BCUT2D eigenvalue weighted by molar-refractivity contribution is -0.136. The van der Waals surface area contributed by atoms with E-state index in [0.29, 0.717) is 28.7 Å². The van der Waals surface area contributed by atoms with E-state index in [9.17, 15) is 9.59 Å². The molecule has 11 heteroatoms. The number of hydrogen-bond donors (Lipinski definition) is 2. The van der Waals surface area contributed by atoms with Crippen LogP contribution in [0.15, 0.2) is 22.0 Å². The van der Waals surface area contributed by atoms with Crippen LogP contribution in [0.3, 0.4) is 0 Å². The largest absolute Gasteiger partial charge is 0.491 e. The van der Waals surface area contributed by atoms with E-state index in [2.05, 4.69) is 15.3 Å². The van der Waals surface area contributed by atoms with Gasteiger partial charge in [0.15, 0.2) is 11.5 Å². The summed E-state index contributed by atoms with van der Waals surface area (Å²) in [6, 6.07) is 3.25. The molecule has 9 nitrogen and oxygen atoms in total. The second kappa shape index (κ2) is 9.28. The van der Waals surface area contributed by atoms with Crippen molar-refractivity contribution >= 4 is 36.0 Å². The SMILES string of the molecule is CCOc1cc(/C=N\n2c(=S)[nH]nc(CCC(=O)O)c2=O)cc(Cl)c1OC. The maximum Gasteiger partial charge on any atom is 0.303 e. The predicted molar refractivity (Wildman–Crippen MR) is 102 cm³/mol. The van der Waals surface area contributed by atoms with Gasteiger partial charge in [0, 0.05) is 6.42 Å². The van der Waals surface area contributed by atoms with Gasteiger partial charge in [-0.2, -0.15) is 14.9 Å². The van der Waals surface area contributed by atoms with Gasteiger partial charge in [-0.15, -0.1) is 0 Å². The summed E-state index contributed by atoms with van der Waals surface area (Å²) in [7, 11) is 1.48. The van der Waals surface area contributed by atoms with Crippen molar-refractivity contribution in [2.75, 3.05) is 13.7 Å². The summed E-state index contributed by atoms with van der Waals surface area (Å²) < 4.78 is 11.6. The van der Waals surface area contributed by atoms with Crippen LogP contribution in [0.4, 0.5) is 0 Å². The highest BCUT2D eigenvalue weighted by Crippen LogP contribution is 2.35. The van der Waals surface area contributed by atoms with Crippen LogP contribution < -0.4 is 15.0 Å². The molecule has 27 heavy (non-hydrogen) atoms. The third-order valence-corrected chi connectivity index (χ3v) is 3.90. The minimum Gasteiger partial charge on any atom is -0.491 e. The van der Waals surface area contributed by atoms with Gasteiger partial charge in [0.2, 0.25) is 4.77 Å². The van der Waals surface area contributed by atoms with Gasteiger partial charge in [0.1, 0.15) is 5.69 Å². The zero-order valence-corrected chi connectivity index (χ0v) is 16.1. The Labute approximate surface area is 164 Å². The topological polar surface area (TPSA) is 119 Å². The molecule has 0 saturated carbocycles. The summed E-state index contributed by atoms with van der Waals surface area (Å²) in [6.45, 7) is 2.23. The number of nitrogens with one attached hydrogen (secondary N) is 1. The molecular weight excluding hydrogens is 396 g/mol. The van der Waals surface area contributed by atoms with Crippen molar-refractivity contribution < 1.29 is 19.4 Å². The van der Waals surface area contributed by atoms with E-state index in [0.717, 1.165) is 4.68 Å². The number of aryl methyl sites for hydroxylation is 1. The molecule has 144 valence electrons. The first-order valence-electron chi connectivity index (χ1n) is 7.84. The van der Waals surface area contributed by atoms with Crippen LogP contribution in [-0.4, -0.2) is 45.9 Å². The van der Waals surface area contributed by atoms with E-state index in [1.807, 2.05) is 6.92 Å². The van der Waals surface area contributed by atoms with E-state index < -0.39 is 11.5 Å². The molecule has 0 spiro atoms. The highest BCUT2D eigenvalue weighted by Gasteiger charge is 2.12. The van der Waals surface area contributed by atoms with Gasteiger partial charge in [-0.25, -0.2) is 0 Å². The van der Waals surface area contributed by atoms with Gasteiger partial charge >= 0.3 is 5.97 Å². The van der Waals surface area contributed by atoms with Crippen molar-refractivity contribution in [2.45, 2.75) is 19.8 Å². The van der Waals surface area contributed by atoms with Crippen LogP contribution in [0.25, 0.3) is 0 Å². The van der Waals surface area contributed by atoms with Gasteiger partial charge in [-0.05, 0) is 36.8 Å². The van der Waals surface area contributed by atoms with E-state index in [-0.39, 0.29) is 23.3 Å². The van der Waals surface area contributed by atoms with Crippen LogP contribution in [0.2, 0.25) is 5.02 Å². The molecule has 2 N–H and O–H groups in total. The molecule has 0 aliphatic heterocycles. The number of halogens is 1. The van der Waals surface area contributed by atoms with Crippen molar-refractivity contribution in [3.8, 4) is 11.5 Å². The van der Waals surface area contributed by atoms with Crippen LogP contribution >= 0.6 is 23.8 Å². The van der Waals surface area contributed by atoms with Gasteiger partial charge in [0.05, 0.1) is 31.4 Å². The molecule has 2 rings (SSSR count). The third-order valence-electron chi connectivity index (χ3n) is 3.35. The van der Waals surface area contributed by atoms with Crippen LogP contribution in [0.5, 0.6) is 11.5 Å². The Bertz CT molecular complexity index is 986. The lowest BCUT2D eigenvalue weighted by atomic mass is 10.2. The van der Waals surface area contributed by atoms with Gasteiger partial charge in [-0.1, -0.05) is 11.6 Å². The molecule has 0 atom stereocenters. The summed E-state index contributed by atoms with van der Waals surface area (Å²) in [4.78, 5) is 23.1. The minimum absolute atomic E-state index is 0.0194. The average Bonchev–Trinajstić information content (AvgIpc) is 2.61. The molecule has 0 unspecified atom stereocenters. The number of carbonyl (C=O) groups is 1. The smallest absolute Gasteiger partial charge is 0.303 e. The lowest BCUT2D eigenvalue weighted by Crippen LogP contribution is -2.25. The lowest BCUT2D eigenvalue weighted by Gasteiger charge is -2.11. The average molecular weight is 413 g/mol. The number of aromatic nitrogens is 3. The van der Waals surface area contributed by atoms with E-state index in [1.54, 1.807) is 12.1 Å². The van der Waals surface area contributed by atoms with Crippen molar-refractivity contribution in [1.82, 2.24) is 14.9 Å². The fraction of sp³-hybridized carbons (Fsp3) is 0.312. The van der Waals surface area contributed by atoms with Gasteiger partial charge in [0.25, 0.3) is 5.56 Å². The Morgan fingerprint density at radius 3 is 2.89 bits per heavy atom. The number of rotatable bonds is 8. The maximum atomic E-state index is 12.4. The standard InChI is InChI=1S/C16H17ClN4O5S/c1-3-26-12-7-9(6-10(17)14(12)25-2)8-18-21-15(24)11(4-5-13(22)23)19-20-16(21)27/h6-8H,3-5H2,1-2H3,(H,20,27)(H,22,23)/b18-8-. The monoisotopic (exact) mass is 412 g/mol. The molecule has 0 aliphatic rings. The van der Waals surface area contributed by atoms with E-state index >= 15 is 0 Å². The number of carboxylic acid groups (broad SMARTS) is 1. The number of ether oxygens (including phenoxy) is 2. The highest BCUT2D eigenvalue weighted by molar-refractivity contribution is 7.71. The quantitative estimate of drug-likeness (QED) is 0.504. The maximum absolute atomic E-state index is 12.4. The zero-order chi connectivity index (χ0) is 20.0. The zero-order valence-electron chi connectivity index (χ0n) is 14.6. The Morgan fingerprint density at radius 2 is 2.26 bits per heavy atom. The minimum atomic E-state index is -1.04. The Hall–Kier alpha value is -2.72. The first-order chi connectivity index (χ1) is 12.9. The normalized spacial score (nSPS) is 10.9. The number of aromatic amines is 1. The molecular formula is C16H17ClN4O5S. The molecule has 1 aromatic heterocycles. The Kier molecular flexibility index (Phi) is 7.08. The van der Waals surface area contributed by atoms with Crippen LogP contribution in [0, 0.1) is 4.77 Å². The fourth-order valence-electron chi connectivity index (χ4n) is 2.17. The van der Waals surface area contributed by atoms with Crippen molar-refractivity contribution in [3.63, 3.8) is 0 Å². The highest BCUT2D eigenvalue weighted by atomic mass is 35.5. The number of methoxy groups -OCH3 is 1. The van der Waals surface area contributed by atoms with Crippen molar-refractivity contribution in [2.24, 2.45) is 5.10 Å². The Balaban J connectivity index is 2.40. The molecule has 1 heterocycles. The van der Waals surface area contributed by atoms with E-state index in [4.69, 9.17) is 38.4 Å². The number of aliphatic carboxylic acids is 1. The second-order valence-corrected chi connectivity index (χ2v) is 5.99. The van der Waals surface area contributed by atoms with Gasteiger partial charge < -0.3 is 14.6 Å². The summed E-state index contributed by atoms with van der Waals surface area (Å²) in [6.07, 6.45) is 1.10. The first-order valence-corrected chi connectivity index (χ1v) is 8.63. The molecule has 2 aromatic rings. The predicted octanol–water partition coefficient (Wildman–Crippen LogP) is 2.26. The fourth-order valence-corrected chi connectivity index (χ4v) is 2.64. The molecule has 0 amide bonds. The van der Waals surface area contributed by atoms with E-state index in [1.165, 1.54) is 13.3 Å². The molecule has 0 fully saturated rings. The first kappa shape index (κ1) is 20.6. The van der Waals surface area contributed by atoms with Crippen LogP contribution in [0.1, 0.15) is 24.6 Å².